The summed E-state index contributed by atoms with van der Waals surface area (Å²) in [5.74, 6) is -0.0853. The number of thiophene rings is 1. The molecule has 1 aliphatic rings. The molecule has 1 aliphatic carbocycles. The Kier molecular flexibility index (Phi) is 4.59. The lowest BCUT2D eigenvalue weighted by molar-refractivity contribution is 0.0959. The van der Waals surface area contributed by atoms with Crippen molar-refractivity contribution in [3.8, 4) is 5.75 Å². The largest absolute Gasteiger partial charge is 0.507 e. The molecule has 0 unspecified atom stereocenters. The predicted octanol–water partition coefficient (Wildman–Crippen LogP) is 3.86. The zero-order valence-electron chi connectivity index (χ0n) is 11.8. The van der Waals surface area contributed by atoms with E-state index in [0.717, 1.165) is 17.3 Å². The first-order valence-electron chi connectivity index (χ1n) is 7.07. The molecule has 1 heterocycles. The van der Waals surface area contributed by atoms with E-state index >= 15 is 0 Å². The number of fused-ring (bicyclic) bond motifs is 1. The molecule has 22 heavy (non-hydrogen) atoms. The first-order valence-corrected chi connectivity index (χ1v) is 8.68. The van der Waals surface area contributed by atoms with E-state index in [1.54, 1.807) is 29.5 Å². The topological polar surface area (TPSA) is 61.7 Å². The third-order valence-corrected chi connectivity index (χ3v) is 5.31. The fourth-order valence-corrected chi connectivity index (χ4v) is 3.97. The van der Waals surface area contributed by atoms with Gasteiger partial charge in [0.1, 0.15) is 5.75 Å². The van der Waals surface area contributed by atoms with Gasteiger partial charge in [0, 0.05) is 14.9 Å². The van der Waals surface area contributed by atoms with Crippen LogP contribution in [0.15, 0.2) is 33.8 Å². The van der Waals surface area contributed by atoms with E-state index in [4.69, 9.17) is 0 Å². The summed E-state index contributed by atoms with van der Waals surface area (Å²) in [4.78, 5) is 14.1. The van der Waals surface area contributed by atoms with Crippen LogP contribution in [0.4, 0.5) is 0 Å². The summed E-state index contributed by atoms with van der Waals surface area (Å²) in [6.45, 7) is 0. The second-order valence-electron chi connectivity index (χ2n) is 5.17. The Morgan fingerprint density at radius 3 is 2.95 bits per heavy atom. The molecule has 0 atom stereocenters. The summed E-state index contributed by atoms with van der Waals surface area (Å²) in [7, 11) is 0. The van der Waals surface area contributed by atoms with Crippen LogP contribution in [0.25, 0.3) is 0 Å². The molecule has 1 amide bonds. The summed E-state index contributed by atoms with van der Waals surface area (Å²) in [5, 5.41) is 13.6. The predicted molar refractivity (Wildman–Crippen MR) is 91.8 cm³/mol. The highest BCUT2D eigenvalue weighted by Gasteiger charge is 2.16. The SMILES string of the molecule is O=C(NN=Cc1cc(Br)ccc1O)c1cc2c(s1)CCCC2. The number of phenols is 1. The number of rotatable bonds is 3. The minimum atomic E-state index is -0.204. The summed E-state index contributed by atoms with van der Waals surface area (Å²) in [6, 6.07) is 7.01. The highest BCUT2D eigenvalue weighted by Crippen LogP contribution is 2.29. The fourth-order valence-electron chi connectivity index (χ4n) is 2.45. The van der Waals surface area contributed by atoms with Gasteiger partial charge >= 0.3 is 0 Å². The van der Waals surface area contributed by atoms with Crippen LogP contribution >= 0.6 is 27.3 Å². The van der Waals surface area contributed by atoms with Crippen LogP contribution in [0, 0.1) is 0 Å². The number of aromatic hydroxyl groups is 1. The van der Waals surface area contributed by atoms with E-state index in [2.05, 4.69) is 26.5 Å². The van der Waals surface area contributed by atoms with Crippen molar-refractivity contribution in [2.45, 2.75) is 25.7 Å². The number of nitrogens with zero attached hydrogens (tertiary/aromatic N) is 1. The normalized spacial score (nSPS) is 14.0. The average Bonchev–Trinajstić information content (AvgIpc) is 2.94. The van der Waals surface area contributed by atoms with E-state index in [-0.39, 0.29) is 11.7 Å². The van der Waals surface area contributed by atoms with Gasteiger partial charge in [-0.3, -0.25) is 4.79 Å². The quantitative estimate of drug-likeness (QED) is 0.629. The number of phenolic OH excluding ortho intramolecular Hbond substituents is 1. The van der Waals surface area contributed by atoms with Crippen LogP contribution < -0.4 is 5.43 Å². The first-order chi connectivity index (χ1) is 10.6. The highest BCUT2D eigenvalue weighted by atomic mass is 79.9. The van der Waals surface area contributed by atoms with Gasteiger partial charge in [0.15, 0.2) is 0 Å². The van der Waals surface area contributed by atoms with Crippen LogP contribution in [0.2, 0.25) is 0 Å². The Morgan fingerprint density at radius 1 is 1.32 bits per heavy atom. The maximum absolute atomic E-state index is 12.1. The molecule has 2 aromatic rings. The van der Waals surface area contributed by atoms with Gasteiger partial charge in [-0.05, 0) is 55.5 Å². The Balaban J connectivity index is 1.68. The Labute approximate surface area is 141 Å². The number of hydrazone groups is 1. The zero-order valence-corrected chi connectivity index (χ0v) is 14.2. The first kappa shape index (κ1) is 15.2. The van der Waals surface area contributed by atoms with Crippen LogP contribution in [0.1, 0.15) is 38.5 Å². The molecule has 0 aliphatic heterocycles. The van der Waals surface area contributed by atoms with E-state index in [0.29, 0.717) is 10.4 Å². The Hall–Kier alpha value is -1.66. The zero-order chi connectivity index (χ0) is 15.5. The van der Waals surface area contributed by atoms with Gasteiger partial charge in [0.25, 0.3) is 5.91 Å². The van der Waals surface area contributed by atoms with Crippen molar-refractivity contribution in [2.75, 3.05) is 0 Å². The van der Waals surface area contributed by atoms with Crippen LogP contribution in [0.3, 0.4) is 0 Å². The molecule has 4 nitrogen and oxygen atoms in total. The highest BCUT2D eigenvalue weighted by molar-refractivity contribution is 9.10. The van der Waals surface area contributed by atoms with Crippen LogP contribution in [-0.2, 0) is 12.8 Å². The molecule has 0 saturated carbocycles. The molecule has 6 heteroatoms. The number of carbonyl (C=O) groups excluding carboxylic acids is 1. The number of hydrogen-bond donors (Lipinski definition) is 2. The molecule has 0 radical (unpaired) electrons. The number of halogens is 1. The van der Waals surface area contributed by atoms with Crippen molar-refractivity contribution < 1.29 is 9.90 Å². The molecular formula is C16H15BrN2O2S. The second kappa shape index (κ2) is 6.62. The molecule has 1 aromatic heterocycles. The minimum absolute atomic E-state index is 0.118. The van der Waals surface area contributed by atoms with Gasteiger partial charge in [0.05, 0.1) is 11.1 Å². The fraction of sp³-hybridized carbons (Fsp3) is 0.250. The standard InChI is InChI=1S/C16H15BrN2O2S/c17-12-5-6-13(20)11(7-12)9-18-19-16(21)15-8-10-3-1-2-4-14(10)22-15/h5-9,20H,1-4H2,(H,19,21). The van der Waals surface area contributed by atoms with Gasteiger partial charge < -0.3 is 5.11 Å². The molecule has 0 saturated heterocycles. The number of nitrogens with one attached hydrogen (secondary N) is 1. The molecular weight excluding hydrogens is 364 g/mol. The molecule has 0 fully saturated rings. The Morgan fingerprint density at radius 2 is 2.14 bits per heavy atom. The van der Waals surface area contributed by atoms with Crippen LogP contribution in [-0.4, -0.2) is 17.2 Å². The average molecular weight is 379 g/mol. The smallest absolute Gasteiger partial charge is 0.281 e. The van der Waals surface area contributed by atoms with Crippen molar-refractivity contribution in [1.29, 1.82) is 0 Å². The monoisotopic (exact) mass is 378 g/mol. The van der Waals surface area contributed by atoms with Gasteiger partial charge in [-0.15, -0.1) is 11.3 Å². The minimum Gasteiger partial charge on any atom is -0.507 e. The maximum Gasteiger partial charge on any atom is 0.281 e. The van der Waals surface area contributed by atoms with Gasteiger partial charge in [-0.1, -0.05) is 15.9 Å². The summed E-state index contributed by atoms with van der Waals surface area (Å²) in [5.41, 5.74) is 4.36. The maximum atomic E-state index is 12.1. The number of carbonyl (C=O) groups is 1. The summed E-state index contributed by atoms with van der Waals surface area (Å²) >= 11 is 4.88. The summed E-state index contributed by atoms with van der Waals surface area (Å²) in [6.07, 6.45) is 5.97. The number of hydrogen-bond acceptors (Lipinski definition) is 4. The van der Waals surface area contributed by atoms with Gasteiger partial charge in [-0.25, -0.2) is 5.43 Å². The Bertz CT molecular complexity index is 716. The molecule has 0 spiro atoms. The number of benzene rings is 1. The lowest BCUT2D eigenvalue weighted by Gasteiger charge is -2.08. The lowest BCUT2D eigenvalue weighted by atomic mass is 9.99. The van der Waals surface area contributed by atoms with Crippen molar-refractivity contribution in [1.82, 2.24) is 5.43 Å². The lowest BCUT2D eigenvalue weighted by Crippen LogP contribution is -2.16. The third-order valence-electron chi connectivity index (χ3n) is 3.58. The second-order valence-corrected chi connectivity index (χ2v) is 7.22. The number of amides is 1. The molecule has 1 aromatic carbocycles. The number of aryl methyl sites for hydroxylation is 2. The molecule has 0 bridgehead atoms. The van der Waals surface area contributed by atoms with Crippen molar-refractivity contribution in [3.63, 3.8) is 0 Å². The molecule has 2 N–H and O–H groups in total. The van der Waals surface area contributed by atoms with Gasteiger partial charge in [0.2, 0.25) is 0 Å². The molecule has 3 rings (SSSR count). The van der Waals surface area contributed by atoms with Crippen molar-refractivity contribution in [3.05, 3.63) is 49.6 Å². The summed E-state index contributed by atoms with van der Waals surface area (Å²) < 4.78 is 0.837. The van der Waals surface area contributed by atoms with Crippen molar-refractivity contribution >= 4 is 39.4 Å². The molecule has 114 valence electrons. The van der Waals surface area contributed by atoms with E-state index in [9.17, 15) is 9.90 Å². The van der Waals surface area contributed by atoms with Crippen LogP contribution in [0.5, 0.6) is 5.75 Å². The van der Waals surface area contributed by atoms with E-state index in [1.807, 2.05) is 6.07 Å². The van der Waals surface area contributed by atoms with E-state index in [1.165, 1.54) is 29.5 Å². The van der Waals surface area contributed by atoms with E-state index < -0.39 is 0 Å². The third kappa shape index (κ3) is 3.39. The van der Waals surface area contributed by atoms with Gasteiger partial charge in [-0.2, -0.15) is 5.10 Å². The van der Waals surface area contributed by atoms with Crippen molar-refractivity contribution in [2.24, 2.45) is 5.10 Å².